The van der Waals surface area contributed by atoms with Gasteiger partial charge in [0, 0.05) is 24.2 Å². The molecule has 0 aliphatic rings. The number of hydrogen-bond donors (Lipinski definition) is 2. The van der Waals surface area contributed by atoms with E-state index in [9.17, 15) is 9.59 Å². The van der Waals surface area contributed by atoms with E-state index in [2.05, 4.69) is 48.4 Å². The van der Waals surface area contributed by atoms with Gasteiger partial charge in [-0.25, -0.2) is 0 Å². The summed E-state index contributed by atoms with van der Waals surface area (Å²) >= 11 is 0. The van der Waals surface area contributed by atoms with E-state index in [0.717, 1.165) is 50.1 Å². The van der Waals surface area contributed by atoms with E-state index in [1.54, 1.807) is 0 Å². The number of nitrogens with zero attached hydrogens (tertiary/aromatic N) is 2. The fourth-order valence-electron chi connectivity index (χ4n) is 6.90. The summed E-state index contributed by atoms with van der Waals surface area (Å²) in [6.07, 6.45) is 29.2. The predicted molar refractivity (Wildman–Crippen MR) is 224 cm³/mol. The van der Waals surface area contributed by atoms with Crippen molar-refractivity contribution in [2.75, 3.05) is 53.4 Å². The van der Waals surface area contributed by atoms with Gasteiger partial charge in [0.05, 0.1) is 0 Å². The molecule has 0 heterocycles. The molecule has 52 heavy (non-hydrogen) atoms. The van der Waals surface area contributed by atoms with E-state index >= 15 is 0 Å². The number of unbranched alkanes of at least 4 members (excludes halogenated alkanes) is 18. The molecule has 6 heteroatoms. The molecular weight excluding hydrogens is 641 g/mol. The zero-order chi connectivity index (χ0) is 37.5. The molecule has 0 saturated heterocycles. The molecule has 2 aromatic carbocycles. The normalized spacial score (nSPS) is 11.4. The van der Waals surface area contributed by atoms with Gasteiger partial charge in [-0.1, -0.05) is 154 Å². The van der Waals surface area contributed by atoms with Gasteiger partial charge in [0.25, 0.3) is 11.8 Å². The second-order valence-corrected chi connectivity index (χ2v) is 15.3. The largest absolute Gasteiger partial charge is 0.352 e. The van der Waals surface area contributed by atoms with Crippen LogP contribution in [0.1, 0.15) is 176 Å². The molecule has 0 aromatic heterocycles. The maximum atomic E-state index is 12.7. The van der Waals surface area contributed by atoms with Gasteiger partial charge in [0.1, 0.15) is 0 Å². The third-order valence-electron chi connectivity index (χ3n) is 10.4. The van der Waals surface area contributed by atoms with Gasteiger partial charge in [-0.05, 0) is 101 Å². The average molecular weight is 719 g/mol. The Morgan fingerprint density at radius 3 is 0.981 bits per heavy atom. The summed E-state index contributed by atoms with van der Waals surface area (Å²) in [7, 11) is 4.38. The van der Waals surface area contributed by atoms with E-state index in [-0.39, 0.29) is 11.8 Å². The van der Waals surface area contributed by atoms with Crippen molar-refractivity contribution >= 4 is 11.8 Å². The van der Waals surface area contributed by atoms with Crippen molar-refractivity contribution < 1.29 is 9.59 Å². The topological polar surface area (TPSA) is 64.7 Å². The Morgan fingerprint density at radius 2 is 0.673 bits per heavy atom. The molecule has 0 radical (unpaired) electrons. The lowest BCUT2D eigenvalue weighted by Crippen LogP contribution is -2.28. The summed E-state index contributed by atoms with van der Waals surface area (Å²) < 4.78 is 0. The molecule has 2 N–H and O–H groups in total. The fraction of sp³-hybridized carbons (Fsp3) is 0.696. The Labute approximate surface area is 320 Å². The van der Waals surface area contributed by atoms with Gasteiger partial charge >= 0.3 is 0 Å². The summed E-state index contributed by atoms with van der Waals surface area (Å²) in [6, 6.07) is 15.5. The summed E-state index contributed by atoms with van der Waals surface area (Å²) in [6.45, 7) is 10.2. The molecule has 0 aliphatic heterocycles. The minimum absolute atomic E-state index is 0.0269. The number of rotatable bonds is 33. The number of carbonyl (C=O) groups excluding carboxylic acids is 2. The number of nitrogens with one attached hydrogen (secondary N) is 2. The zero-order valence-electron chi connectivity index (χ0n) is 34.1. The van der Waals surface area contributed by atoms with E-state index in [1.165, 1.54) is 128 Å². The van der Waals surface area contributed by atoms with Crippen LogP contribution < -0.4 is 10.6 Å². The second kappa shape index (κ2) is 30.7. The van der Waals surface area contributed by atoms with Crippen LogP contribution in [0.5, 0.6) is 0 Å². The van der Waals surface area contributed by atoms with Gasteiger partial charge in [0.2, 0.25) is 0 Å². The van der Waals surface area contributed by atoms with Gasteiger partial charge in [-0.3, -0.25) is 9.59 Å². The minimum atomic E-state index is -0.0269. The van der Waals surface area contributed by atoms with Crippen LogP contribution >= 0.6 is 0 Å². The Hall–Kier alpha value is -2.70. The Morgan fingerprint density at radius 1 is 0.404 bits per heavy atom. The molecule has 294 valence electrons. The maximum Gasteiger partial charge on any atom is 0.251 e. The van der Waals surface area contributed by atoms with Crippen molar-refractivity contribution in [1.29, 1.82) is 0 Å². The van der Waals surface area contributed by atoms with Crippen molar-refractivity contribution in [1.82, 2.24) is 20.4 Å². The van der Waals surface area contributed by atoms with Crippen LogP contribution in [0.2, 0.25) is 0 Å². The Bertz CT molecular complexity index is 1060. The smallest absolute Gasteiger partial charge is 0.251 e. The summed E-state index contributed by atoms with van der Waals surface area (Å²) in [5.41, 5.74) is 3.41. The first-order valence-corrected chi connectivity index (χ1v) is 21.6. The molecule has 0 saturated carbocycles. The highest BCUT2D eigenvalue weighted by molar-refractivity contribution is 5.95. The van der Waals surface area contributed by atoms with E-state index in [0.29, 0.717) is 24.2 Å². The number of hydrogen-bond acceptors (Lipinski definition) is 4. The molecule has 0 aliphatic carbocycles. The van der Waals surface area contributed by atoms with Crippen molar-refractivity contribution in [2.24, 2.45) is 0 Å². The van der Waals surface area contributed by atoms with E-state index in [4.69, 9.17) is 0 Å². The van der Waals surface area contributed by atoms with Crippen LogP contribution in [0, 0.1) is 0 Å². The van der Waals surface area contributed by atoms with Crippen LogP contribution in [0.25, 0.3) is 11.1 Å². The fourth-order valence-corrected chi connectivity index (χ4v) is 6.90. The molecule has 0 unspecified atom stereocenters. The maximum absolute atomic E-state index is 12.7. The first-order chi connectivity index (χ1) is 25.4. The van der Waals surface area contributed by atoms with Gasteiger partial charge in [0.15, 0.2) is 0 Å². The molecule has 0 spiro atoms. The van der Waals surface area contributed by atoms with Crippen LogP contribution in [-0.4, -0.2) is 75.0 Å². The highest BCUT2D eigenvalue weighted by Crippen LogP contribution is 2.21. The second-order valence-electron chi connectivity index (χ2n) is 15.3. The number of benzene rings is 2. The quantitative estimate of drug-likeness (QED) is 0.0721. The summed E-state index contributed by atoms with van der Waals surface area (Å²) in [4.78, 5) is 30.2. The first kappa shape index (κ1) is 45.5. The van der Waals surface area contributed by atoms with Gasteiger partial charge in [-0.2, -0.15) is 0 Å². The lowest BCUT2D eigenvalue weighted by Gasteiger charge is -2.16. The molecule has 2 rings (SSSR count). The van der Waals surface area contributed by atoms with Crippen molar-refractivity contribution in [3.8, 4) is 11.1 Å². The molecule has 0 fully saturated rings. The minimum Gasteiger partial charge on any atom is -0.352 e. The van der Waals surface area contributed by atoms with Crippen molar-refractivity contribution in [2.45, 2.75) is 155 Å². The standard InChI is InChI=1S/C46H78N4O2/c1-5-7-9-11-13-15-17-19-21-23-37-49(3)39-25-35-47-45(51)43-31-27-41(28-32-43)42-29-33-44(34-30-42)46(52)48-36-26-40-50(4)38-24-22-20-18-16-14-12-10-8-6-2/h27-34H,5-26,35-40H2,1-4H3,(H,47,51)(H,48,52). The number of carbonyl (C=O) groups is 2. The number of amides is 2. The zero-order valence-corrected chi connectivity index (χ0v) is 34.1. The third kappa shape index (κ3) is 22.4. The average Bonchev–Trinajstić information content (AvgIpc) is 3.16. The summed E-state index contributed by atoms with van der Waals surface area (Å²) in [5, 5.41) is 6.16. The molecule has 6 nitrogen and oxygen atoms in total. The van der Waals surface area contributed by atoms with Crippen molar-refractivity contribution in [3.63, 3.8) is 0 Å². The van der Waals surface area contributed by atoms with Crippen LogP contribution in [0.3, 0.4) is 0 Å². The SMILES string of the molecule is CCCCCCCCCCCCN(C)CCCNC(=O)c1ccc(-c2ccc(C(=O)NCCCN(C)CCCCCCCCCCCC)cc2)cc1. The summed E-state index contributed by atoms with van der Waals surface area (Å²) in [5.74, 6) is -0.0539. The molecule has 2 aromatic rings. The highest BCUT2D eigenvalue weighted by Gasteiger charge is 2.09. The first-order valence-electron chi connectivity index (χ1n) is 21.6. The van der Waals surface area contributed by atoms with Crippen LogP contribution in [0.15, 0.2) is 48.5 Å². The van der Waals surface area contributed by atoms with Crippen molar-refractivity contribution in [3.05, 3.63) is 59.7 Å². The lowest BCUT2D eigenvalue weighted by atomic mass is 10.0. The van der Waals surface area contributed by atoms with Crippen LogP contribution in [0.4, 0.5) is 0 Å². The van der Waals surface area contributed by atoms with Gasteiger partial charge in [-0.15, -0.1) is 0 Å². The van der Waals surface area contributed by atoms with Crippen LogP contribution in [-0.2, 0) is 0 Å². The molecule has 2 amide bonds. The Kier molecular flexibility index (Phi) is 26.9. The Balaban J connectivity index is 1.53. The van der Waals surface area contributed by atoms with Gasteiger partial charge < -0.3 is 20.4 Å². The molecule has 0 atom stereocenters. The molecular formula is C46H78N4O2. The predicted octanol–water partition coefficient (Wildman–Crippen LogP) is 11.3. The third-order valence-corrected chi connectivity index (χ3v) is 10.4. The monoisotopic (exact) mass is 719 g/mol. The highest BCUT2D eigenvalue weighted by atomic mass is 16.2. The molecule has 0 bridgehead atoms. The van der Waals surface area contributed by atoms with E-state index in [1.807, 2.05) is 48.5 Å². The lowest BCUT2D eigenvalue weighted by molar-refractivity contribution is 0.0944. The van der Waals surface area contributed by atoms with E-state index < -0.39 is 0 Å².